The summed E-state index contributed by atoms with van der Waals surface area (Å²) in [6.45, 7) is 4.23. The summed E-state index contributed by atoms with van der Waals surface area (Å²) in [7, 11) is 0. The van der Waals surface area contributed by atoms with Gasteiger partial charge in [-0.2, -0.15) is 5.10 Å². The molecule has 5 nitrogen and oxygen atoms in total. The third kappa shape index (κ3) is 2.58. The van der Waals surface area contributed by atoms with Gasteiger partial charge in [-0.25, -0.2) is 4.98 Å². The second kappa shape index (κ2) is 5.21. The average molecular weight is 277 g/mol. The zero-order valence-corrected chi connectivity index (χ0v) is 11.9. The number of nitrogen functional groups attached to an aromatic ring is 1. The van der Waals surface area contributed by atoms with Crippen LogP contribution in [0.15, 0.2) is 17.6 Å². The Bertz CT molecular complexity index is 539. The Hall–Kier alpha value is -1.56. The van der Waals surface area contributed by atoms with Crippen molar-refractivity contribution in [3.63, 3.8) is 0 Å². The van der Waals surface area contributed by atoms with Crippen LogP contribution in [0.3, 0.4) is 0 Å². The molecule has 0 aromatic carbocycles. The molecule has 0 bridgehead atoms. The van der Waals surface area contributed by atoms with Crippen molar-refractivity contribution in [3.05, 3.63) is 23.3 Å². The van der Waals surface area contributed by atoms with Gasteiger partial charge in [-0.1, -0.05) is 6.92 Å². The third-order valence-corrected chi connectivity index (χ3v) is 4.59. The smallest absolute Gasteiger partial charge is 0.185 e. The van der Waals surface area contributed by atoms with E-state index in [0.717, 1.165) is 37.5 Å². The lowest BCUT2D eigenvalue weighted by Crippen LogP contribution is -2.34. The minimum Gasteiger partial charge on any atom is -0.382 e. The minimum absolute atomic E-state index is 0.471. The molecule has 0 amide bonds. The predicted molar refractivity (Wildman–Crippen MR) is 78.6 cm³/mol. The van der Waals surface area contributed by atoms with Gasteiger partial charge in [0.25, 0.3) is 0 Å². The van der Waals surface area contributed by atoms with E-state index in [1.165, 1.54) is 5.69 Å². The summed E-state index contributed by atoms with van der Waals surface area (Å²) in [6, 6.07) is 2.33. The number of hydrogen-bond donors (Lipinski definition) is 1. The van der Waals surface area contributed by atoms with E-state index in [2.05, 4.69) is 27.3 Å². The maximum atomic E-state index is 5.67. The van der Waals surface area contributed by atoms with Gasteiger partial charge in [0.15, 0.2) is 5.13 Å². The molecule has 1 aliphatic rings. The van der Waals surface area contributed by atoms with Gasteiger partial charge in [0, 0.05) is 24.7 Å². The Balaban J connectivity index is 1.63. The van der Waals surface area contributed by atoms with E-state index in [9.17, 15) is 0 Å². The number of nitrogens with two attached hydrogens (primary N) is 1. The van der Waals surface area contributed by atoms with Crippen LogP contribution in [0.2, 0.25) is 0 Å². The van der Waals surface area contributed by atoms with Crippen molar-refractivity contribution >= 4 is 22.3 Å². The van der Waals surface area contributed by atoms with Gasteiger partial charge in [-0.3, -0.25) is 4.68 Å². The first-order valence-corrected chi connectivity index (χ1v) is 7.64. The molecule has 2 aromatic heterocycles. The van der Waals surface area contributed by atoms with E-state index in [4.69, 9.17) is 5.73 Å². The molecule has 1 aliphatic heterocycles. The molecule has 0 unspecified atom stereocenters. The minimum atomic E-state index is 0.471. The van der Waals surface area contributed by atoms with E-state index < -0.39 is 0 Å². The molecular formula is C13H19N5S. The molecular weight excluding hydrogens is 258 g/mol. The second-order valence-corrected chi connectivity index (χ2v) is 5.75. The number of hydrogen-bond acceptors (Lipinski definition) is 5. The van der Waals surface area contributed by atoms with Gasteiger partial charge in [-0.15, -0.1) is 11.3 Å². The van der Waals surface area contributed by atoms with Gasteiger partial charge in [0.2, 0.25) is 0 Å². The van der Waals surface area contributed by atoms with Crippen LogP contribution >= 0.6 is 11.3 Å². The maximum Gasteiger partial charge on any atom is 0.185 e. The molecule has 6 heteroatoms. The summed E-state index contributed by atoms with van der Waals surface area (Å²) in [5, 5.41) is 7.64. The second-order valence-electron chi connectivity index (χ2n) is 4.91. The highest BCUT2D eigenvalue weighted by molar-refractivity contribution is 7.13. The van der Waals surface area contributed by atoms with Crippen molar-refractivity contribution in [3.8, 4) is 0 Å². The number of thiazole rings is 1. The molecule has 2 N–H and O–H groups in total. The fraction of sp³-hybridized carbons (Fsp3) is 0.538. The monoisotopic (exact) mass is 277 g/mol. The van der Waals surface area contributed by atoms with Crippen LogP contribution < -0.4 is 10.6 Å². The van der Waals surface area contributed by atoms with E-state index in [0.29, 0.717) is 11.9 Å². The first-order valence-electron chi connectivity index (χ1n) is 6.76. The Morgan fingerprint density at radius 2 is 2.21 bits per heavy atom. The fourth-order valence-corrected chi connectivity index (χ4v) is 3.44. The number of nitrogens with zero attached hydrogens (tertiary/aromatic N) is 4. The topological polar surface area (TPSA) is 60.0 Å². The Labute approximate surface area is 117 Å². The molecule has 2 aromatic rings. The Morgan fingerprint density at radius 3 is 2.79 bits per heavy atom. The van der Waals surface area contributed by atoms with E-state index >= 15 is 0 Å². The third-order valence-electron chi connectivity index (χ3n) is 3.64. The van der Waals surface area contributed by atoms with Crippen LogP contribution in [-0.2, 0) is 6.42 Å². The van der Waals surface area contributed by atoms with E-state index in [1.54, 1.807) is 11.3 Å². The lowest BCUT2D eigenvalue weighted by atomic mass is 10.1. The molecule has 3 heterocycles. The van der Waals surface area contributed by atoms with Crippen molar-refractivity contribution in [2.45, 2.75) is 32.2 Å². The molecule has 1 fully saturated rings. The normalized spacial score (nSPS) is 17.0. The summed E-state index contributed by atoms with van der Waals surface area (Å²) in [4.78, 5) is 7.04. The predicted octanol–water partition coefficient (Wildman–Crippen LogP) is 2.33. The molecule has 3 rings (SSSR count). The number of rotatable bonds is 3. The van der Waals surface area contributed by atoms with Crippen molar-refractivity contribution in [2.75, 3.05) is 23.7 Å². The molecule has 19 heavy (non-hydrogen) atoms. The maximum absolute atomic E-state index is 5.67. The van der Waals surface area contributed by atoms with Crippen molar-refractivity contribution < 1.29 is 0 Å². The summed E-state index contributed by atoms with van der Waals surface area (Å²) < 4.78 is 2.01. The summed E-state index contributed by atoms with van der Waals surface area (Å²) >= 11 is 1.75. The fourth-order valence-electron chi connectivity index (χ4n) is 2.48. The molecule has 0 saturated carbocycles. The quantitative estimate of drug-likeness (QED) is 0.935. The zero-order chi connectivity index (χ0) is 13.2. The summed E-state index contributed by atoms with van der Waals surface area (Å²) in [5.41, 5.74) is 6.87. The van der Waals surface area contributed by atoms with Gasteiger partial charge in [0.1, 0.15) is 5.82 Å². The number of aryl methyl sites for hydroxylation is 1. The molecule has 0 spiro atoms. The van der Waals surface area contributed by atoms with Crippen molar-refractivity contribution in [2.24, 2.45) is 0 Å². The number of anilines is 2. The molecule has 1 saturated heterocycles. The van der Waals surface area contributed by atoms with Crippen LogP contribution in [0, 0.1) is 0 Å². The van der Waals surface area contributed by atoms with Gasteiger partial charge < -0.3 is 10.6 Å². The zero-order valence-electron chi connectivity index (χ0n) is 11.1. The summed E-state index contributed by atoms with van der Waals surface area (Å²) in [6.07, 6.45) is 5.19. The van der Waals surface area contributed by atoms with Crippen LogP contribution in [0.1, 0.15) is 31.5 Å². The number of aromatic nitrogens is 3. The average Bonchev–Trinajstić information content (AvgIpc) is 3.07. The molecule has 0 atom stereocenters. The van der Waals surface area contributed by atoms with Crippen molar-refractivity contribution in [1.82, 2.24) is 14.8 Å². The number of piperidine rings is 1. The molecule has 0 aliphatic carbocycles. The standard InChI is InChI=1S/C13H19N5S/c1-2-10-9-19-13(15-10)17-6-3-11(4-7-17)18-8-5-12(14)16-18/h5,8-9,11H,2-4,6-7H2,1H3,(H2,14,16). The van der Waals surface area contributed by atoms with Crippen LogP contribution in [0.5, 0.6) is 0 Å². The highest BCUT2D eigenvalue weighted by Crippen LogP contribution is 2.28. The van der Waals surface area contributed by atoms with Crippen LogP contribution in [-0.4, -0.2) is 27.9 Å². The lowest BCUT2D eigenvalue weighted by molar-refractivity contribution is 0.367. The summed E-state index contributed by atoms with van der Waals surface area (Å²) in [5.74, 6) is 0.606. The molecule has 102 valence electrons. The highest BCUT2D eigenvalue weighted by atomic mass is 32.1. The van der Waals surface area contributed by atoms with Crippen LogP contribution in [0.25, 0.3) is 0 Å². The van der Waals surface area contributed by atoms with Gasteiger partial charge >= 0.3 is 0 Å². The van der Waals surface area contributed by atoms with E-state index in [1.807, 2.05) is 16.9 Å². The largest absolute Gasteiger partial charge is 0.382 e. The van der Waals surface area contributed by atoms with Crippen LogP contribution in [0.4, 0.5) is 10.9 Å². The first kappa shape index (κ1) is 12.5. The Kier molecular flexibility index (Phi) is 3.42. The van der Waals surface area contributed by atoms with Gasteiger partial charge in [0.05, 0.1) is 11.7 Å². The van der Waals surface area contributed by atoms with Crippen molar-refractivity contribution in [1.29, 1.82) is 0 Å². The first-order chi connectivity index (χ1) is 9.26. The Morgan fingerprint density at radius 1 is 1.42 bits per heavy atom. The molecule has 0 radical (unpaired) electrons. The highest BCUT2D eigenvalue weighted by Gasteiger charge is 2.22. The van der Waals surface area contributed by atoms with Gasteiger partial charge in [-0.05, 0) is 25.3 Å². The van der Waals surface area contributed by atoms with E-state index in [-0.39, 0.29) is 0 Å². The SMILES string of the molecule is CCc1csc(N2CCC(n3ccc(N)n3)CC2)n1. The lowest BCUT2D eigenvalue weighted by Gasteiger charge is -2.31.